The molecule has 1 amide bonds. The molecular formula is C15H25N3OS2. The molecule has 0 radical (unpaired) electrons. The number of thiazole rings is 1. The molecule has 1 fully saturated rings. The molecule has 0 aliphatic carbocycles. The fourth-order valence-corrected chi connectivity index (χ4v) is 3.57. The molecular weight excluding hydrogens is 302 g/mol. The Bertz CT molecular complexity index is 462. The maximum absolute atomic E-state index is 11.9. The number of carbonyl (C=O) groups excluding carboxylic acids is 1. The Balaban J connectivity index is 1.78. The molecule has 1 aliphatic rings. The van der Waals surface area contributed by atoms with Crippen molar-refractivity contribution >= 4 is 34.1 Å². The Morgan fingerprint density at radius 1 is 1.38 bits per heavy atom. The molecule has 6 heteroatoms. The van der Waals surface area contributed by atoms with E-state index in [0.29, 0.717) is 5.75 Å². The summed E-state index contributed by atoms with van der Waals surface area (Å²) in [6.07, 6.45) is 3.93. The number of nitrogens with one attached hydrogen (secondary N) is 1. The lowest BCUT2D eigenvalue weighted by Crippen LogP contribution is -2.29. The topological polar surface area (TPSA) is 45.2 Å². The first kappa shape index (κ1) is 16.8. The van der Waals surface area contributed by atoms with Gasteiger partial charge in [-0.25, -0.2) is 4.98 Å². The van der Waals surface area contributed by atoms with Gasteiger partial charge in [0.25, 0.3) is 0 Å². The first-order valence-corrected chi connectivity index (χ1v) is 9.39. The lowest BCUT2D eigenvalue weighted by Gasteiger charge is -2.25. The average molecular weight is 328 g/mol. The largest absolute Gasteiger partial charge is 0.301 e. The van der Waals surface area contributed by atoms with Crippen molar-refractivity contribution in [1.29, 1.82) is 0 Å². The highest BCUT2D eigenvalue weighted by Crippen LogP contribution is 2.24. The zero-order valence-electron chi connectivity index (χ0n) is 13.1. The number of anilines is 1. The molecule has 1 aromatic heterocycles. The first-order valence-electron chi connectivity index (χ1n) is 7.53. The molecule has 0 atom stereocenters. The molecule has 118 valence electrons. The van der Waals surface area contributed by atoms with Gasteiger partial charge in [-0.05, 0) is 25.9 Å². The van der Waals surface area contributed by atoms with Crippen molar-refractivity contribution in [2.75, 3.05) is 24.2 Å². The van der Waals surface area contributed by atoms with Crippen LogP contribution in [0.4, 0.5) is 5.13 Å². The van der Waals surface area contributed by atoms with E-state index >= 15 is 0 Å². The van der Waals surface area contributed by atoms with Gasteiger partial charge in [0.15, 0.2) is 5.13 Å². The van der Waals surface area contributed by atoms with E-state index in [4.69, 9.17) is 0 Å². The third-order valence-electron chi connectivity index (χ3n) is 3.27. The standard InChI is InChI=1S/C15H25N3OS2/c1-15(2,3)21-11-13(19)17-14-16-12(10-20-14)9-18-7-5-4-6-8-18/h10H,4-9,11H2,1-3H3,(H,16,17,19). The summed E-state index contributed by atoms with van der Waals surface area (Å²) >= 11 is 3.17. The van der Waals surface area contributed by atoms with E-state index < -0.39 is 0 Å². The monoisotopic (exact) mass is 327 g/mol. The minimum absolute atomic E-state index is 0.0359. The fraction of sp³-hybridized carbons (Fsp3) is 0.733. The second-order valence-electron chi connectivity index (χ2n) is 6.43. The van der Waals surface area contributed by atoms with Crippen molar-refractivity contribution in [2.45, 2.75) is 51.3 Å². The van der Waals surface area contributed by atoms with E-state index in [-0.39, 0.29) is 10.7 Å². The lowest BCUT2D eigenvalue weighted by molar-refractivity contribution is -0.113. The van der Waals surface area contributed by atoms with Crippen LogP contribution in [-0.2, 0) is 11.3 Å². The molecule has 1 aromatic rings. The van der Waals surface area contributed by atoms with E-state index in [9.17, 15) is 4.79 Å². The van der Waals surface area contributed by atoms with E-state index in [1.807, 2.05) is 0 Å². The number of likely N-dealkylation sites (tertiary alicyclic amines) is 1. The van der Waals surface area contributed by atoms with Crippen LogP contribution >= 0.6 is 23.1 Å². The number of thioether (sulfide) groups is 1. The zero-order valence-corrected chi connectivity index (χ0v) is 14.8. The number of nitrogens with zero attached hydrogens (tertiary/aromatic N) is 2. The third kappa shape index (κ3) is 6.36. The van der Waals surface area contributed by atoms with E-state index in [0.717, 1.165) is 17.4 Å². The molecule has 0 aromatic carbocycles. The first-order chi connectivity index (χ1) is 9.92. The lowest BCUT2D eigenvalue weighted by atomic mass is 10.1. The van der Waals surface area contributed by atoms with Gasteiger partial charge in [-0.2, -0.15) is 0 Å². The second kappa shape index (κ2) is 7.61. The number of piperidine rings is 1. The number of hydrogen-bond donors (Lipinski definition) is 1. The quantitative estimate of drug-likeness (QED) is 0.897. The van der Waals surface area contributed by atoms with Crippen LogP contribution in [0.3, 0.4) is 0 Å². The molecule has 2 rings (SSSR count). The Labute approximate surface area is 135 Å². The summed E-state index contributed by atoms with van der Waals surface area (Å²) < 4.78 is 0.111. The minimum atomic E-state index is 0.0359. The highest BCUT2D eigenvalue weighted by Gasteiger charge is 2.15. The summed E-state index contributed by atoms with van der Waals surface area (Å²) in [5.41, 5.74) is 1.07. The summed E-state index contributed by atoms with van der Waals surface area (Å²) in [6.45, 7) is 9.59. The summed E-state index contributed by atoms with van der Waals surface area (Å²) in [6, 6.07) is 0. The molecule has 1 saturated heterocycles. The van der Waals surface area contributed by atoms with Gasteiger partial charge < -0.3 is 5.32 Å². The van der Waals surface area contributed by atoms with Gasteiger partial charge in [0.1, 0.15) is 0 Å². The Kier molecular flexibility index (Phi) is 6.08. The smallest absolute Gasteiger partial charge is 0.236 e. The minimum Gasteiger partial charge on any atom is -0.301 e. The van der Waals surface area contributed by atoms with Gasteiger partial charge in [-0.15, -0.1) is 23.1 Å². The van der Waals surface area contributed by atoms with Gasteiger partial charge in [0.2, 0.25) is 5.91 Å². The predicted octanol–water partition coefficient (Wildman–Crippen LogP) is 3.60. The Hall–Kier alpha value is -0.590. The summed E-state index contributed by atoms with van der Waals surface area (Å²) in [7, 11) is 0. The molecule has 2 heterocycles. The van der Waals surface area contributed by atoms with Crippen LogP contribution in [-0.4, -0.2) is 39.4 Å². The van der Waals surface area contributed by atoms with E-state index in [1.165, 1.54) is 43.7 Å². The SMILES string of the molecule is CC(C)(C)SCC(=O)Nc1nc(CN2CCCCC2)cs1. The van der Waals surface area contributed by atoms with Gasteiger partial charge in [-0.1, -0.05) is 27.2 Å². The molecule has 4 nitrogen and oxygen atoms in total. The number of hydrogen-bond acceptors (Lipinski definition) is 5. The van der Waals surface area contributed by atoms with Crippen LogP contribution in [0.2, 0.25) is 0 Å². The van der Waals surface area contributed by atoms with Crippen molar-refractivity contribution in [1.82, 2.24) is 9.88 Å². The average Bonchev–Trinajstić information content (AvgIpc) is 2.84. The number of aromatic nitrogens is 1. The van der Waals surface area contributed by atoms with Crippen LogP contribution in [0.5, 0.6) is 0 Å². The van der Waals surface area contributed by atoms with Crippen molar-refractivity contribution in [3.8, 4) is 0 Å². The molecule has 1 N–H and O–H groups in total. The summed E-state index contributed by atoms with van der Waals surface area (Å²) in [4.78, 5) is 18.9. The highest BCUT2D eigenvalue weighted by molar-refractivity contribution is 8.01. The van der Waals surface area contributed by atoms with Gasteiger partial charge >= 0.3 is 0 Å². The summed E-state index contributed by atoms with van der Waals surface area (Å²) in [5.74, 6) is 0.513. The second-order valence-corrected chi connectivity index (χ2v) is 9.09. The predicted molar refractivity (Wildman–Crippen MR) is 92.1 cm³/mol. The van der Waals surface area contributed by atoms with E-state index in [1.54, 1.807) is 11.8 Å². The zero-order chi connectivity index (χ0) is 15.3. The van der Waals surface area contributed by atoms with Crippen LogP contribution in [0.15, 0.2) is 5.38 Å². The van der Waals surface area contributed by atoms with Crippen molar-refractivity contribution in [3.63, 3.8) is 0 Å². The Morgan fingerprint density at radius 2 is 2.10 bits per heavy atom. The van der Waals surface area contributed by atoms with Gasteiger partial charge in [0, 0.05) is 16.7 Å². The molecule has 0 saturated carbocycles. The maximum atomic E-state index is 11.9. The fourth-order valence-electron chi connectivity index (χ4n) is 2.22. The van der Waals surface area contributed by atoms with E-state index in [2.05, 4.69) is 41.4 Å². The number of carbonyl (C=O) groups is 1. The van der Waals surface area contributed by atoms with Crippen LogP contribution in [0, 0.1) is 0 Å². The van der Waals surface area contributed by atoms with Crippen LogP contribution in [0.1, 0.15) is 45.7 Å². The third-order valence-corrected chi connectivity index (χ3v) is 5.35. The molecule has 0 unspecified atom stereocenters. The Morgan fingerprint density at radius 3 is 2.76 bits per heavy atom. The molecule has 1 aliphatic heterocycles. The van der Waals surface area contributed by atoms with Crippen molar-refractivity contribution < 1.29 is 4.79 Å². The van der Waals surface area contributed by atoms with Gasteiger partial charge in [-0.3, -0.25) is 9.69 Å². The highest BCUT2D eigenvalue weighted by atomic mass is 32.2. The number of amides is 1. The molecule has 0 spiro atoms. The number of rotatable bonds is 5. The maximum Gasteiger partial charge on any atom is 0.236 e. The molecule has 21 heavy (non-hydrogen) atoms. The summed E-state index contributed by atoms with van der Waals surface area (Å²) in [5, 5.41) is 5.68. The van der Waals surface area contributed by atoms with Crippen LogP contribution < -0.4 is 5.32 Å². The van der Waals surface area contributed by atoms with Crippen molar-refractivity contribution in [3.05, 3.63) is 11.1 Å². The molecule has 0 bridgehead atoms. The van der Waals surface area contributed by atoms with Gasteiger partial charge in [0.05, 0.1) is 11.4 Å². The van der Waals surface area contributed by atoms with Crippen molar-refractivity contribution in [2.24, 2.45) is 0 Å². The van der Waals surface area contributed by atoms with Crippen LogP contribution in [0.25, 0.3) is 0 Å². The normalized spacial score (nSPS) is 16.9.